The number of rotatable bonds is 4. The van der Waals surface area contributed by atoms with Crippen LogP contribution in [0.4, 0.5) is 11.4 Å². The Morgan fingerprint density at radius 2 is 1.93 bits per heavy atom. The molecule has 27 heavy (non-hydrogen) atoms. The molecular formula is C17H24N4O5S. The van der Waals surface area contributed by atoms with Crippen molar-refractivity contribution in [2.24, 2.45) is 0 Å². The number of amides is 1. The fourth-order valence-corrected chi connectivity index (χ4v) is 4.24. The minimum absolute atomic E-state index is 0.0739. The quantitative estimate of drug-likeness (QED) is 0.591. The van der Waals surface area contributed by atoms with Gasteiger partial charge in [0, 0.05) is 38.5 Å². The highest BCUT2D eigenvalue weighted by atomic mass is 32.2. The number of piperazine rings is 1. The van der Waals surface area contributed by atoms with Crippen LogP contribution in [0.5, 0.6) is 0 Å². The van der Waals surface area contributed by atoms with E-state index in [1.807, 2.05) is 4.90 Å². The van der Waals surface area contributed by atoms with Gasteiger partial charge >= 0.3 is 0 Å². The average molecular weight is 396 g/mol. The van der Waals surface area contributed by atoms with Crippen LogP contribution in [0, 0.1) is 10.1 Å². The fourth-order valence-electron chi connectivity index (χ4n) is 3.60. The molecule has 1 aromatic carbocycles. The summed E-state index contributed by atoms with van der Waals surface area (Å²) in [4.78, 5) is 27.0. The Hall–Kier alpha value is -2.20. The molecule has 2 heterocycles. The zero-order valence-corrected chi connectivity index (χ0v) is 16.1. The van der Waals surface area contributed by atoms with E-state index >= 15 is 0 Å². The third-order valence-electron chi connectivity index (χ3n) is 5.11. The molecule has 1 aromatic rings. The van der Waals surface area contributed by atoms with Crippen molar-refractivity contribution in [2.75, 3.05) is 43.9 Å². The van der Waals surface area contributed by atoms with Crippen LogP contribution < -0.4 is 10.2 Å². The number of nitro groups is 1. The van der Waals surface area contributed by atoms with Gasteiger partial charge in [-0.25, -0.2) is 8.42 Å². The van der Waals surface area contributed by atoms with Gasteiger partial charge in [-0.15, -0.1) is 0 Å². The molecule has 2 aliphatic rings. The molecule has 2 saturated heterocycles. The van der Waals surface area contributed by atoms with Gasteiger partial charge in [-0.1, -0.05) is 6.42 Å². The Morgan fingerprint density at radius 3 is 2.48 bits per heavy atom. The van der Waals surface area contributed by atoms with Gasteiger partial charge in [-0.2, -0.15) is 0 Å². The monoisotopic (exact) mass is 396 g/mol. The van der Waals surface area contributed by atoms with Gasteiger partial charge in [-0.3, -0.25) is 14.9 Å². The number of nitrogens with zero attached hydrogens (tertiary/aromatic N) is 3. The van der Waals surface area contributed by atoms with Crippen molar-refractivity contribution in [3.8, 4) is 0 Å². The van der Waals surface area contributed by atoms with Crippen LogP contribution in [0.2, 0.25) is 0 Å². The number of nitrogens with one attached hydrogen (secondary N) is 1. The second-order valence-corrected chi connectivity index (χ2v) is 9.01. The molecule has 0 saturated carbocycles. The Kier molecular flexibility index (Phi) is 5.66. The van der Waals surface area contributed by atoms with Gasteiger partial charge in [0.2, 0.25) is 5.91 Å². The van der Waals surface area contributed by atoms with Crippen molar-refractivity contribution in [2.45, 2.75) is 30.2 Å². The summed E-state index contributed by atoms with van der Waals surface area (Å²) in [6.45, 7) is 2.77. The molecule has 1 atom stereocenters. The van der Waals surface area contributed by atoms with Crippen LogP contribution in [0.25, 0.3) is 0 Å². The van der Waals surface area contributed by atoms with E-state index in [1.165, 1.54) is 12.1 Å². The highest BCUT2D eigenvalue weighted by molar-refractivity contribution is 7.90. The van der Waals surface area contributed by atoms with E-state index in [4.69, 9.17) is 0 Å². The number of carbonyl (C=O) groups excluding carboxylic acids is 1. The van der Waals surface area contributed by atoms with Crippen molar-refractivity contribution in [1.82, 2.24) is 10.2 Å². The van der Waals surface area contributed by atoms with E-state index in [9.17, 15) is 23.3 Å². The molecule has 0 radical (unpaired) electrons. The standard InChI is InChI=1S/C17H24N4O5S/c1-27(25,26)13-5-6-15(16(12-13)21(23)24)19-8-10-20(11-9-19)17(22)14-4-2-3-7-18-14/h5-6,12,14,18H,2-4,7-11H2,1H3. The number of hydrogen-bond acceptors (Lipinski definition) is 7. The molecule has 148 valence electrons. The topological polar surface area (TPSA) is 113 Å². The summed E-state index contributed by atoms with van der Waals surface area (Å²) in [5.74, 6) is 0.0938. The summed E-state index contributed by atoms with van der Waals surface area (Å²) in [5, 5.41) is 14.7. The molecule has 10 heteroatoms. The van der Waals surface area contributed by atoms with Gasteiger partial charge < -0.3 is 15.1 Å². The zero-order valence-electron chi connectivity index (χ0n) is 15.3. The van der Waals surface area contributed by atoms with Crippen molar-refractivity contribution in [3.63, 3.8) is 0 Å². The Labute approximate surface area is 158 Å². The first-order valence-electron chi connectivity index (χ1n) is 9.03. The Bertz CT molecular complexity index is 828. The molecule has 9 nitrogen and oxygen atoms in total. The summed E-state index contributed by atoms with van der Waals surface area (Å²) in [6.07, 6.45) is 4.00. The first-order chi connectivity index (χ1) is 12.8. The van der Waals surface area contributed by atoms with Gasteiger partial charge in [0.15, 0.2) is 9.84 Å². The van der Waals surface area contributed by atoms with Gasteiger partial charge in [0.05, 0.1) is 15.9 Å². The maximum atomic E-state index is 12.6. The lowest BCUT2D eigenvalue weighted by atomic mass is 10.0. The maximum Gasteiger partial charge on any atom is 0.293 e. The van der Waals surface area contributed by atoms with E-state index in [0.717, 1.165) is 38.1 Å². The third kappa shape index (κ3) is 4.38. The number of piperidine rings is 1. The summed E-state index contributed by atoms with van der Waals surface area (Å²) < 4.78 is 23.4. The summed E-state index contributed by atoms with van der Waals surface area (Å²) in [7, 11) is -3.52. The van der Waals surface area contributed by atoms with E-state index in [1.54, 1.807) is 4.90 Å². The number of hydrogen-bond donors (Lipinski definition) is 1. The lowest BCUT2D eigenvalue weighted by molar-refractivity contribution is -0.384. The van der Waals surface area contributed by atoms with Gasteiger partial charge in [0.25, 0.3) is 5.69 Å². The summed E-state index contributed by atoms with van der Waals surface area (Å²) >= 11 is 0. The minimum Gasteiger partial charge on any atom is -0.362 e. The Morgan fingerprint density at radius 1 is 1.22 bits per heavy atom. The van der Waals surface area contributed by atoms with Gasteiger partial charge in [-0.05, 0) is 31.5 Å². The number of sulfone groups is 1. The van der Waals surface area contributed by atoms with E-state index < -0.39 is 14.8 Å². The molecular weight excluding hydrogens is 372 g/mol. The summed E-state index contributed by atoms with van der Waals surface area (Å²) in [5.41, 5.74) is 0.155. The average Bonchev–Trinajstić information content (AvgIpc) is 2.67. The van der Waals surface area contributed by atoms with Crippen LogP contribution in [0.15, 0.2) is 23.1 Å². The fraction of sp³-hybridized carbons (Fsp3) is 0.588. The molecule has 0 spiro atoms. The van der Waals surface area contributed by atoms with E-state index in [2.05, 4.69) is 5.32 Å². The lowest BCUT2D eigenvalue weighted by Gasteiger charge is -2.38. The number of carbonyl (C=O) groups is 1. The number of anilines is 1. The summed E-state index contributed by atoms with van der Waals surface area (Å²) in [6, 6.07) is 3.85. The van der Waals surface area contributed by atoms with Crippen molar-refractivity contribution in [3.05, 3.63) is 28.3 Å². The number of benzene rings is 1. The Balaban J connectivity index is 1.72. The van der Waals surface area contributed by atoms with Crippen LogP contribution in [-0.2, 0) is 14.6 Å². The van der Waals surface area contributed by atoms with Crippen molar-refractivity contribution in [1.29, 1.82) is 0 Å². The van der Waals surface area contributed by atoms with Crippen molar-refractivity contribution >= 4 is 27.1 Å². The van der Waals surface area contributed by atoms with Crippen LogP contribution >= 0.6 is 0 Å². The highest BCUT2D eigenvalue weighted by Gasteiger charge is 2.30. The zero-order chi connectivity index (χ0) is 19.6. The lowest BCUT2D eigenvalue weighted by Crippen LogP contribution is -2.55. The first-order valence-corrected chi connectivity index (χ1v) is 10.9. The molecule has 1 unspecified atom stereocenters. The van der Waals surface area contributed by atoms with Crippen LogP contribution in [0.1, 0.15) is 19.3 Å². The highest BCUT2D eigenvalue weighted by Crippen LogP contribution is 2.31. The maximum absolute atomic E-state index is 12.6. The molecule has 0 aliphatic carbocycles. The van der Waals surface area contributed by atoms with Crippen LogP contribution in [-0.4, -0.2) is 69.2 Å². The van der Waals surface area contributed by atoms with Crippen molar-refractivity contribution < 1.29 is 18.1 Å². The first kappa shape index (κ1) is 19.6. The van der Waals surface area contributed by atoms with E-state index in [0.29, 0.717) is 31.9 Å². The third-order valence-corrected chi connectivity index (χ3v) is 6.22. The molecule has 1 amide bonds. The minimum atomic E-state index is -3.52. The second kappa shape index (κ2) is 7.81. The smallest absolute Gasteiger partial charge is 0.293 e. The molecule has 2 fully saturated rings. The van der Waals surface area contributed by atoms with Crippen LogP contribution in [0.3, 0.4) is 0 Å². The largest absolute Gasteiger partial charge is 0.362 e. The van der Waals surface area contributed by atoms with Gasteiger partial charge in [0.1, 0.15) is 5.69 Å². The van der Waals surface area contributed by atoms with E-state index in [-0.39, 0.29) is 22.5 Å². The predicted octanol–water partition coefficient (Wildman–Crippen LogP) is 0.789. The molecule has 3 rings (SSSR count). The number of nitro benzene ring substituents is 1. The molecule has 2 aliphatic heterocycles. The predicted molar refractivity (Wildman–Crippen MR) is 101 cm³/mol. The normalized spacial score (nSPS) is 21.1. The molecule has 0 aromatic heterocycles. The molecule has 1 N–H and O–H groups in total. The molecule has 0 bridgehead atoms. The SMILES string of the molecule is CS(=O)(=O)c1ccc(N2CCN(C(=O)C3CCCCN3)CC2)c([N+](=O)[O-])c1. The second-order valence-electron chi connectivity index (χ2n) is 6.99.